The van der Waals surface area contributed by atoms with Gasteiger partial charge in [-0.15, -0.1) is 5.06 Å². The summed E-state index contributed by atoms with van der Waals surface area (Å²) in [6.45, 7) is -6.16. The highest BCUT2D eigenvalue weighted by atomic mass is 79.9. The predicted octanol–water partition coefficient (Wildman–Crippen LogP) is 2.08. The number of benzene rings is 1. The predicted molar refractivity (Wildman–Crippen MR) is 53.2 cm³/mol. The van der Waals surface area contributed by atoms with E-state index in [-0.39, 0.29) is 10.6 Å². The maximum absolute atomic E-state index is 11.8. The third-order valence-corrected chi connectivity index (χ3v) is 1.96. The second-order valence-corrected chi connectivity index (χ2v) is 3.01. The Balaban J connectivity index is 2.99. The van der Waals surface area contributed by atoms with Crippen LogP contribution in [0.4, 0.5) is 0 Å². The first-order valence-electron chi connectivity index (χ1n) is 6.30. The van der Waals surface area contributed by atoms with Gasteiger partial charge in [0.15, 0.2) is 0 Å². The lowest BCUT2D eigenvalue weighted by atomic mass is 10.2. The molecule has 1 aromatic rings. The molecule has 0 heterocycles. The van der Waals surface area contributed by atoms with Crippen molar-refractivity contribution in [3.8, 4) is 0 Å². The summed E-state index contributed by atoms with van der Waals surface area (Å²) in [6, 6.07) is 6.11. The van der Waals surface area contributed by atoms with E-state index < -0.39 is 19.9 Å². The molecule has 0 radical (unpaired) electrons. The Morgan fingerprint density at radius 3 is 2.85 bits per heavy atom. The average Bonchev–Trinajstić information content (AvgIpc) is 2.23. The lowest BCUT2D eigenvalue weighted by Gasteiger charge is -2.10. The zero-order valence-corrected chi connectivity index (χ0v) is 8.04. The molecule has 0 fully saturated rings. The molecule has 0 atom stereocenters. The Morgan fingerprint density at radius 2 is 2.23 bits per heavy atom. The SMILES string of the molecule is [2H]C([2H])([2H])N(OC(=O)c1ccccc1Br)C([2H])([2H])[2H]. The summed E-state index contributed by atoms with van der Waals surface area (Å²) in [7, 11) is 0. The molecule has 1 rings (SSSR count). The van der Waals surface area contributed by atoms with Gasteiger partial charge in [0.25, 0.3) is 0 Å². The second-order valence-electron chi connectivity index (χ2n) is 2.15. The summed E-state index contributed by atoms with van der Waals surface area (Å²) in [5.41, 5.74) is 0.0287. The van der Waals surface area contributed by atoms with Crippen LogP contribution in [0, 0.1) is 0 Å². The first kappa shape index (κ1) is 4.57. The molecule has 0 saturated carbocycles. The minimum Gasteiger partial charge on any atom is -0.364 e. The van der Waals surface area contributed by atoms with E-state index in [4.69, 9.17) is 8.22 Å². The Morgan fingerprint density at radius 1 is 1.54 bits per heavy atom. The van der Waals surface area contributed by atoms with Gasteiger partial charge in [-0.25, -0.2) is 4.79 Å². The van der Waals surface area contributed by atoms with Gasteiger partial charge in [0.2, 0.25) is 0 Å². The fraction of sp³-hybridized carbons (Fsp3) is 0.222. The maximum Gasteiger partial charge on any atom is 0.358 e. The average molecular weight is 250 g/mol. The smallest absolute Gasteiger partial charge is 0.358 e. The minimum atomic E-state index is -3.08. The van der Waals surface area contributed by atoms with Crippen molar-refractivity contribution in [1.29, 1.82) is 0 Å². The molecule has 0 aromatic heterocycles. The fourth-order valence-corrected chi connectivity index (χ4v) is 1.21. The molecule has 0 saturated heterocycles. The van der Waals surface area contributed by atoms with E-state index in [0.29, 0.717) is 4.47 Å². The van der Waals surface area contributed by atoms with Crippen LogP contribution in [0.5, 0.6) is 0 Å². The highest BCUT2D eigenvalue weighted by Crippen LogP contribution is 2.16. The topological polar surface area (TPSA) is 29.5 Å². The molecule has 70 valence electrons. The van der Waals surface area contributed by atoms with Crippen LogP contribution in [0.2, 0.25) is 0 Å². The molecule has 3 nitrogen and oxygen atoms in total. The van der Waals surface area contributed by atoms with E-state index in [9.17, 15) is 4.79 Å². The first-order chi connectivity index (χ1) is 8.53. The zero-order chi connectivity index (χ0) is 14.8. The van der Waals surface area contributed by atoms with Gasteiger partial charge in [0, 0.05) is 26.6 Å². The Bertz CT molecular complexity index is 459. The summed E-state index contributed by atoms with van der Waals surface area (Å²) < 4.78 is 42.8. The highest BCUT2D eigenvalue weighted by Gasteiger charge is 2.11. The van der Waals surface area contributed by atoms with Gasteiger partial charge < -0.3 is 4.84 Å². The van der Waals surface area contributed by atoms with E-state index in [2.05, 4.69) is 20.8 Å². The van der Waals surface area contributed by atoms with Crippen molar-refractivity contribution >= 4 is 21.9 Å². The number of carbonyl (C=O) groups excluding carboxylic acids is 1. The fourth-order valence-electron chi connectivity index (χ4n) is 0.759. The van der Waals surface area contributed by atoms with Crippen LogP contribution in [0.3, 0.4) is 0 Å². The Hall–Kier alpha value is -0.870. The summed E-state index contributed by atoms with van der Waals surface area (Å²) in [4.78, 5) is 16.3. The van der Waals surface area contributed by atoms with Crippen LogP contribution in [0.1, 0.15) is 18.6 Å². The number of nitrogens with zero attached hydrogens (tertiary/aromatic N) is 1. The summed E-state index contributed by atoms with van der Waals surface area (Å²) in [5, 5.41) is -0.262. The summed E-state index contributed by atoms with van der Waals surface area (Å²) >= 11 is 3.09. The first-order valence-corrected chi connectivity index (χ1v) is 4.10. The summed E-state index contributed by atoms with van der Waals surface area (Å²) in [6.07, 6.45) is 0. The van der Waals surface area contributed by atoms with Crippen molar-refractivity contribution in [1.82, 2.24) is 5.06 Å². The lowest BCUT2D eigenvalue weighted by Crippen LogP contribution is -2.18. The van der Waals surface area contributed by atoms with Crippen LogP contribution in [-0.4, -0.2) is 25.0 Å². The van der Waals surface area contributed by atoms with E-state index in [1.165, 1.54) is 12.1 Å². The monoisotopic (exact) mass is 249 g/mol. The van der Waals surface area contributed by atoms with Crippen molar-refractivity contribution in [2.75, 3.05) is 14.0 Å². The molecular formula is C9H10BrNO2. The number of hydrogen-bond donors (Lipinski definition) is 0. The molecule has 4 heteroatoms. The molecule has 1 aromatic carbocycles. The van der Waals surface area contributed by atoms with Crippen LogP contribution in [-0.2, 0) is 4.84 Å². The molecule has 0 aliphatic carbocycles. The number of halogens is 1. The van der Waals surface area contributed by atoms with Gasteiger partial charge in [-0.05, 0) is 28.1 Å². The van der Waals surface area contributed by atoms with E-state index >= 15 is 0 Å². The quantitative estimate of drug-likeness (QED) is 0.752. The maximum atomic E-state index is 11.8. The van der Waals surface area contributed by atoms with Gasteiger partial charge >= 0.3 is 5.97 Å². The van der Waals surface area contributed by atoms with Crippen molar-refractivity contribution in [2.45, 2.75) is 0 Å². The van der Waals surface area contributed by atoms with Crippen molar-refractivity contribution in [3.05, 3.63) is 34.3 Å². The van der Waals surface area contributed by atoms with E-state index in [0.717, 1.165) is 0 Å². The van der Waals surface area contributed by atoms with Crippen LogP contribution >= 0.6 is 15.9 Å². The lowest BCUT2D eigenvalue weighted by molar-refractivity contribution is -0.0714. The number of hydrogen-bond acceptors (Lipinski definition) is 3. The van der Waals surface area contributed by atoms with Crippen molar-refractivity contribution < 1.29 is 17.9 Å². The number of rotatable bonds is 2. The molecule has 0 spiro atoms. The molecule has 13 heavy (non-hydrogen) atoms. The highest BCUT2D eigenvalue weighted by molar-refractivity contribution is 9.10. The van der Waals surface area contributed by atoms with E-state index in [1.807, 2.05) is 0 Å². The molecule has 0 unspecified atom stereocenters. The number of hydroxylamine groups is 2. The van der Waals surface area contributed by atoms with Crippen LogP contribution in [0.15, 0.2) is 28.7 Å². The number of carbonyl (C=O) groups is 1. The van der Waals surface area contributed by atoms with Gasteiger partial charge in [0.1, 0.15) is 0 Å². The summed E-state index contributed by atoms with van der Waals surface area (Å²) in [5.74, 6) is -1.07. The largest absolute Gasteiger partial charge is 0.364 e. The molecule has 0 amide bonds. The third kappa shape index (κ3) is 2.82. The molecule has 0 bridgehead atoms. The van der Waals surface area contributed by atoms with Crippen LogP contribution in [0.25, 0.3) is 0 Å². The zero-order valence-electron chi connectivity index (χ0n) is 12.5. The van der Waals surface area contributed by atoms with Gasteiger partial charge in [-0.3, -0.25) is 0 Å². The van der Waals surface area contributed by atoms with E-state index in [1.54, 1.807) is 12.1 Å². The minimum absolute atomic E-state index is 0.0287. The van der Waals surface area contributed by atoms with Gasteiger partial charge in [-0.2, -0.15) is 0 Å². The van der Waals surface area contributed by atoms with Crippen molar-refractivity contribution in [3.63, 3.8) is 0 Å². The van der Waals surface area contributed by atoms with Crippen molar-refractivity contribution in [2.24, 2.45) is 0 Å². The second kappa shape index (κ2) is 4.39. The molecule has 0 aliphatic heterocycles. The van der Waals surface area contributed by atoms with Crippen LogP contribution < -0.4 is 0 Å². The molecular weight excluding hydrogens is 234 g/mol. The third-order valence-electron chi connectivity index (χ3n) is 1.27. The van der Waals surface area contributed by atoms with Gasteiger partial charge in [-0.1, -0.05) is 12.1 Å². The standard InChI is InChI=1S/C9H10BrNO2/c1-11(2)13-9(12)7-5-3-4-6-8(7)10/h3-6H,1-2H3/i1D3,2D3. The Kier molecular flexibility index (Phi) is 1.54. The molecule has 0 N–H and O–H groups in total. The molecule has 0 aliphatic rings. The normalized spacial score (nSPS) is 18.9. The van der Waals surface area contributed by atoms with Gasteiger partial charge in [0.05, 0.1) is 5.56 Å². The Labute approximate surface area is 93.8 Å².